The second kappa shape index (κ2) is 11.1. The lowest BCUT2D eigenvalue weighted by atomic mass is 9.92. The largest absolute Gasteiger partial charge is 0.382 e. The molecule has 0 saturated carbocycles. The van der Waals surface area contributed by atoms with E-state index >= 15 is 0 Å². The fourth-order valence-corrected chi connectivity index (χ4v) is 5.19. The molecule has 2 aromatic heterocycles. The first kappa shape index (κ1) is 25.7. The summed E-state index contributed by atoms with van der Waals surface area (Å²) in [6.07, 6.45) is 1.15. The van der Waals surface area contributed by atoms with Crippen LogP contribution in [-0.2, 0) is 14.4 Å². The summed E-state index contributed by atoms with van der Waals surface area (Å²) in [6.45, 7) is 3.62. The van der Waals surface area contributed by atoms with Crippen LogP contribution in [0.3, 0.4) is 0 Å². The Morgan fingerprint density at radius 2 is 1.94 bits per heavy atom. The van der Waals surface area contributed by atoms with Crippen molar-refractivity contribution in [2.45, 2.75) is 57.3 Å². The van der Waals surface area contributed by atoms with Crippen LogP contribution in [0, 0.1) is 0 Å². The Morgan fingerprint density at radius 3 is 2.61 bits per heavy atom. The van der Waals surface area contributed by atoms with E-state index in [-0.39, 0.29) is 24.3 Å². The van der Waals surface area contributed by atoms with Crippen molar-refractivity contribution in [1.29, 1.82) is 0 Å². The Labute approximate surface area is 212 Å². The minimum atomic E-state index is -1.86. The van der Waals surface area contributed by atoms with Gasteiger partial charge in [0, 0.05) is 37.7 Å². The van der Waals surface area contributed by atoms with Gasteiger partial charge in [-0.2, -0.15) is 5.10 Å². The van der Waals surface area contributed by atoms with E-state index in [0.717, 1.165) is 11.3 Å². The lowest BCUT2D eigenvalue weighted by Gasteiger charge is -2.27. The molecule has 3 heterocycles. The Morgan fingerprint density at radius 1 is 1.19 bits per heavy atom. The van der Waals surface area contributed by atoms with Crippen LogP contribution in [0.1, 0.15) is 56.3 Å². The van der Waals surface area contributed by atoms with Crippen molar-refractivity contribution >= 4 is 34.1 Å². The van der Waals surface area contributed by atoms with Gasteiger partial charge in [0.1, 0.15) is 6.10 Å². The molecule has 0 unspecified atom stereocenters. The number of Topliss-reactive ketones (excluding diaryl/α,β-unsaturated/α-hetero) is 1. The average molecular weight is 512 g/mol. The lowest BCUT2D eigenvalue weighted by molar-refractivity contribution is -0.153. The zero-order valence-corrected chi connectivity index (χ0v) is 20.9. The van der Waals surface area contributed by atoms with E-state index in [1.165, 1.54) is 23.2 Å². The fourth-order valence-electron chi connectivity index (χ4n) is 4.38. The average Bonchev–Trinajstić information content (AvgIpc) is 3.64. The maximum absolute atomic E-state index is 13.0. The third kappa shape index (κ3) is 5.69. The number of thiazole rings is 1. The first-order chi connectivity index (χ1) is 17.2. The number of hydrogen-bond donors (Lipinski definition) is 3. The molecular weight excluding hydrogens is 482 g/mol. The number of likely N-dealkylation sites (tertiary alicyclic amines) is 1. The van der Waals surface area contributed by atoms with Crippen LogP contribution in [0.4, 0.5) is 5.13 Å². The highest BCUT2D eigenvalue weighted by molar-refractivity contribution is 7.13. The van der Waals surface area contributed by atoms with Gasteiger partial charge in [0.25, 0.3) is 5.91 Å². The second-order valence-corrected chi connectivity index (χ2v) is 9.81. The number of aliphatic hydroxyl groups excluding tert-OH is 2. The van der Waals surface area contributed by atoms with Crippen LogP contribution in [-0.4, -0.2) is 66.2 Å². The summed E-state index contributed by atoms with van der Waals surface area (Å²) in [5.41, 5.74) is 2.38. The van der Waals surface area contributed by atoms with Gasteiger partial charge < -0.3 is 20.4 Å². The number of rotatable bonds is 9. The summed E-state index contributed by atoms with van der Waals surface area (Å²) < 4.78 is 1.73. The standard InChI is InChI=1S/C25H29N5O5S/c1-15(17-6-8-18(9-7-17)30-12-4-10-26-30)13-21(32)22(33)23(34)24(35)29-11-3-5-20(29)19-14-36-25(28-19)27-16(2)31/h4,6-10,12,14-15,20,22-23,33-34H,3,5,11,13H2,1-2H3,(H,27,28,31)/t15-,20+,22-,23+/m0/s1. The lowest BCUT2D eigenvalue weighted by Crippen LogP contribution is -2.47. The Balaban J connectivity index is 1.36. The molecule has 0 spiro atoms. The number of hydrogen-bond acceptors (Lipinski definition) is 8. The number of carbonyl (C=O) groups is 3. The molecule has 4 atom stereocenters. The number of aromatic nitrogens is 3. The number of anilines is 1. The van der Waals surface area contributed by atoms with Crippen molar-refractivity contribution in [3.63, 3.8) is 0 Å². The first-order valence-corrected chi connectivity index (χ1v) is 12.6. The van der Waals surface area contributed by atoms with Crippen molar-refractivity contribution in [3.8, 4) is 5.69 Å². The minimum absolute atomic E-state index is 0.0256. The van der Waals surface area contributed by atoms with E-state index in [4.69, 9.17) is 0 Å². The van der Waals surface area contributed by atoms with E-state index in [0.29, 0.717) is 30.2 Å². The highest BCUT2D eigenvalue weighted by Gasteiger charge is 2.39. The fraction of sp³-hybridized carbons (Fsp3) is 0.400. The van der Waals surface area contributed by atoms with Gasteiger partial charge >= 0.3 is 0 Å². The molecular formula is C25H29N5O5S. The molecule has 3 aromatic rings. The van der Waals surface area contributed by atoms with Gasteiger partial charge in [0.05, 0.1) is 17.4 Å². The molecule has 1 aromatic carbocycles. The molecule has 1 aliphatic rings. The Hall–Kier alpha value is -3.41. The number of benzene rings is 1. The van der Waals surface area contributed by atoms with Crippen molar-refractivity contribution in [3.05, 3.63) is 59.4 Å². The quantitative estimate of drug-likeness (QED) is 0.401. The van der Waals surface area contributed by atoms with Gasteiger partial charge in [-0.1, -0.05) is 19.1 Å². The molecule has 2 amide bonds. The molecule has 0 bridgehead atoms. The van der Waals surface area contributed by atoms with E-state index in [2.05, 4.69) is 15.4 Å². The summed E-state index contributed by atoms with van der Waals surface area (Å²) in [5.74, 6) is -1.77. The van der Waals surface area contributed by atoms with E-state index in [9.17, 15) is 24.6 Å². The topological polar surface area (TPSA) is 138 Å². The van der Waals surface area contributed by atoms with Crippen LogP contribution in [0.2, 0.25) is 0 Å². The van der Waals surface area contributed by atoms with Gasteiger partial charge in [0.15, 0.2) is 17.0 Å². The maximum Gasteiger partial charge on any atom is 0.255 e. The van der Waals surface area contributed by atoms with Gasteiger partial charge in [0.2, 0.25) is 5.91 Å². The highest BCUT2D eigenvalue weighted by Crippen LogP contribution is 2.34. The Kier molecular flexibility index (Phi) is 7.92. The Bertz CT molecular complexity index is 1210. The zero-order chi connectivity index (χ0) is 25.8. The summed E-state index contributed by atoms with van der Waals surface area (Å²) in [7, 11) is 0. The predicted octanol–water partition coefficient (Wildman–Crippen LogP) is 2.44. The third-order valence-corrected chi connectivity index (χ3v) is 7.08. The van der Waals surface area contributed by atoms with Crippen LogP contribution in [0.15, 0.2) is 48.1 Å². The molecule has 190 valence electrons. The summed E-state index contributed by atoms with van der Waals surface area (Å²) >= 11 is 1.25. The van der Waals surface area contributed by atoms with E-state index < -0.39 is 23.9 Å². The molecule has 1 fully saturated rings. The number of nitrogens with zero attached hydrogens (tertiary/aromatic N) is 4. The van der Waals surface area contributed by atoms with Gasteiger partial charge in [-0.05, 0) is 42.5 Å². The molecule has 4 rings (SSSR count). The maximum atomic E-state index is 13.0. The molecule has 11 heteroatoms. The van der Waals surface area contributed by atoms with Gasteiger partial charge in [-0.25, -0.2) is 9.67 Å². The van der Waals surface area contributed by atoms with Gasteiger partial charge in [-0.15, -0.1) is 11.3 Å². The van der Waals surface area contributed by atoms with Crippen molar-refractivity contribution < 1.29 is 24.6 Å². The summed E-state index contributed by atoms with van der Waals surface area (Å²) in [5, 5.41) is 30.1. The highest BCUT2D eigenvalue weighted by atomic mass is 32.1. The van der Waals surface area contributed by atoms with Crippen LogP contribution >= 0.6 is 11.3 Å². The molecule has 1 saturated heterocycles. The van der Waals surface area contributed by atoms with E-state index in [1.807, 2.05) is 43.5 Å². The van der Waals surface area contributed by atoms with Crippen molar-refractivity contribution in [2.75, 3.05) is 11.9 Å². The van der Waals surface area contributed by atoms with Gasteiger partial charge in [-0.3, -0.25) is 14.4 Å². The minimum Gasteiger partial charge on any atom is -0.382 e. The van der Waals surface area contributed by atoms with Crippen molar-refractivity contribution in [2.24, 2.45) is 0 Å². The number of ketones is 1. The molecule has 3 N–H and O–H groups in total. The first-order valence-electron chi connectivity index (χ1n) is 11.8. The predicted molar refractivity (Wildman–Crippen MR) is 134 cm³/mol. The van der Waals surface area contributed by atoms with Crippen LogP contribution < -0.4 is 5.32 Å². The van der Waals surface area contributed by atoms with E-state index in [1.54, 1.807) is 16.3 Å². The summed E-state index contributed by atoms with van der Waals surface area (Å²) in [4.78, 5) is 42.9. The van der Waals surface area contributed by atoms with Crippen LogP contribution in [0.5, 0.6) is 0 Å². The normalized spacial score (nSPS) is 18.0. The molecule has 36 heavy (non-hydrogen) atoms. The molecule has 0 aliphatic carbocycles. The van der Waals surface area contributed by atoms with Crippen LogP contribution in [0.25, 0.3) is 5.69 Å². The molecule has 10 nitrogen and oxygen atoms in total. The third-order valence-electron chi connectivity index (χ3n) is 6.30. The van der Waals surface area contributed by atoms with Crippen molar-refractivity contribution in [1.82, 2.24) is 19.7 Å². The number of aliphatic hydroxyl groups is 2. The zero-order valence-electron chi connectivity index (χ0n) is 20.1. The summed E-state index contributed by atoms with van der Waals surface area (Å²) in [6, 6.07) is 9.00. The molecule has 1 aliphatic heterocycles. The number of nitrogens with one attached hydrogen (secondary N) is 1. The number of carbonyl (C=O) groups excluding carboxylic acids is 3. The SMILES string of the molecule is CC(=O)Nc1nc([C@H]2CCCN2C(=O)[C@H](O)[C@@H](O)C(=O)C[C@H](C)c2ccc(-n3cccn3)cc2)cs1. The number of amides is 2. The monoisotopic (exact) mass is 511 g/mol. The smallest absolute Gasteiger partial charge is 0.255 e. The molecule has 0 radical (unpaired) electrons. The second-order valence-electron chi connectivity index (χ2n) is 8.95.